The second-order valence-electron chi connectivity index (χ2n) is 7.33. The molecule has 0 spiro atoms. The van der Waals surface area contributed by atoms with Crippen LogP contribution in [0.4, 0.5) is 0 Å². The molecule has 4 aromatic carbocycles. The van der Waals surface area contributed by atoms with Gasteiger partial charge in [0.25, 0.3) is 0 Å². The van der Waals surface area contributed by atoms with Crippen molar-refractivity contribution >= 4 is 22.6 Å². The maximum absolute atomic E-state index is 12.6. The zero-order chi connectivity index (χ0) is 19.6. The molecule has 1 aliphatic rings. The highest BCUT2D eigenvalue weighted by Gasteiger charge is 2.23. The first kappa shape index (κ1) is 17.4. The number of ether oxygens (including phenoxy) is 1. The van der Waals surface area contributed by atoms with Gasteiger partial charge in [0.15, 0.2) is 5.78 Å². The number of hydrogen-bond donors (Lipinski definition) is 0. The van der Waals surface area contributed by atoms with E-state index in [0.717, 1.165) is 33.6 Å². The number of allylic oxidation sites excluding steroid dienone is 1. The Labute approximate surface area is 170 Å². The molecule has 0 atom stereocenters. The number of carbonyl (C=O) groups excluding carboxylic acids is 1. The smallest absolute Gasteiger partial charge is 0.189 e. The number of benzene rings is 4. The van der Waals surface area contributed by atoms with Crippen LogP contribution in [-0.4, -0.2) is 5.78 Å². The highest BCUT2D eigenvalue weighted by Crippen LogP contribution is 2.28. The Morgan fingerprint density at radius 1 is 0.828 bits per heavy atom. The lowest BCUT2D eigenvalue weighted by Gasteiger charge is -2.10. The summed E-state index contributed by atoms with van der Waals surface area (Å²) in [6.07, 6.45) is 2.67. The molecule has 2 heteroatoms. The quantitative estimate of drug-likeness (QED) is 0.394. The molecule has 0 N–H and O–H groups in total. The van der Waals surface area contributed by atoms with E-state index in [9.17, 15) is 4.79 Å². The molecule has 4 aromatic rings. The van der Waals surface area contributed by atoms with Gasteiger partial charge in [0.1, 0.15) is 12.4 Å². The number of carbonyl (C=O) groups is 1. The normalized spacial score (nSPS) is 14.3. The third kappa shape index (κ3) is 3.45. The summed E-state index contributed by atoms with van der Waals surface area (Å²) in [5.74, 6) is 0.929. The first-order valence-electron chi connectivity index (χ1n) is 9.81. The molecule has 140 valence electrons. The highest BCUT2D eigenvalue weighted by atomic mass is 16.5. The Morgan fingerprint density at radius 2 is 1.62 bits per heavy atom. The van der Waals surface area contributed by atoms with Crippen LogP contribution < -0.4 is 4.74 Å². The molecule has 2 nitrogen and oxygen atoms in total. The first-order valence-corrected chi connectivity index (χ1v) is 9.81. The van der Waals surface area contributed by atoms with Gasteiger partial charge in [-0.2, -0.15) is 0 Å². The fraction of sp³-hybridized carbons (Fsp3) is 0.0741. The van der Waals surface area contributed by atoms with E-state index in [1.54, 1.807) is 0 Å². The van der Waals surface area contributed by atoms with Crippen molar-refractivity contribution in [2.75, 3.05) is 0 Å². The van der Waals surface area contributed by atoms with Gasteiger partial charge in [-0.25, -0.2) is 0 Å². The van der Waals surface area contributed by atoms with Crippen molar-refractivity contribution in [1.29, 1.82) is 0 Å². The van der Waals surface area contributed by atoms with E-state index in [4.69, 9.17) is 4.74 Å². The Morgan fingerprint density at radius 3 is 2.55 bits per heavy atom. The number of Topliss-reactive ketones (excluding diaryl/α,β-unsaturated/α-hetero) is 1. The van der Waals surface area contributed by atoms with Crippen LogP contribution in [0.3, 0.4) is 0 Å². The van der Waals surface area contributed by atoms with Crippen molar-refractivity contribution in [1.82, 2.24) is 0 Å². The van der Waals surface area contributed by atoms with Crippen LogP contribution in [0.15, 0.2) is 96.6 Å². The van der Waals surface area contributed by atoms with Crippen LogP contribution in [0.2, 0.25) is 0 Å². The molecule has 0 amide bonds. The molecule has 0 aromatic heterocycles. The number of hydrogen-bond acceptors (Lipinski definition) is 2. The van der Waals surface area contributed by atoms with Crippen LogP contribution in [0.25, 0.3) is 16.8 Å². The molecular formula is C27H20O2. The topological polar surface area (TPSA) is 26.3 Å². The van der Waals surface area contributed by atoms with Gasteiger partial charge in [0.2, 0.25) is 0 Å². The standard InChI is InChI=1S/C27H20O2/c28-27-23(17-21-9-2-4-14-26(21)27)15-19-7-5-12-24(16-19)29-18-22-11-6-10-20-8-1-3-13-25(20)22/h1-16H,17-18H2/b23-15+. The van der Waals surface area contributed by atoms with Crippen molar-refractivity contribution in [3.8, 4) is 5.75 Å². The molecule has 1 aliphatic carbocycles. The van der Waals surface area contributed by atoms with Gasteiger partial charge in [0, 0.05) is 17.6 Å². The molecule has 5 rings (SSSR count). The largest absolute Gasteiger partial charge is 0.489 e. The van der Waals surface area contributed by atoms with Gasteiger partial charge in [-0.1, -0.05) is 78.9 Å². The lowest BCUT2D eigenvalue weighted by atomic mass is 10.1. The predicted molar refractivity (Wildman–Crippen MR) is 117 cm³/mol. The first-order chi connectivity index (χ1) is 14.3. The molecule has 29 heavy (non-hydrogen) atoms. The molecule has 0 bridgehead atoms. The fourth-order valence-corrected chi connectivity index (χ4v) is 3.95. The van der Waals surface area contributed by atoms with Crippen LogP contribution in [-0.2, 0) is 13.0 Å². The van der Waals surface area contributed by atoms with E-state index in [0.29, 0.717) is 13.0 Å². The summed E-state index contributed by atoms with van der Waals surface area (Å²) >= 11 is 0. The van der Waals surface area contributed by atoms with E-state index in [1.807, 2.05) is 60.7 Å². The van der Waals surface area contributed by atoms with Gasteiger partial charge in [-0.05, 0) is 45.7 Å². The Bertz CT molecular complexity index is 1240. The zero-order valence-corrected chi connectivity index (χ0v) is 16.0. The summed E-state index contributed by atoms with van der Waals surface area (Å²) in [5.41, 5.74) is 4.90. The third-order valence-electron chi connectivity index (χ3n) is 5.41. The average molecular weight is 376 g/mol. The third-order valence-corrected chi connectivity index (χ3v) is 5.41. The Kier molecular flexibility index (Phi) is 4.45. The maximum Gasteiger partial charge on any atom is 0.189 e. The lowest BCUT2D eigenvalue weighted by molar-refractivity contribution is 0.104. The second kappa shape index (κ2) is 7.40. The fourth-order valence-electron chi connectivity index (χ4n) is 3.95. The van der Waals surface area contributed by atoms with E-state index in [1.165, 1.54) is 10.8 Å². The predicted octanol–water partition coefficient (Wildman–Crippen LogP) is 6.24. The summed E-state index contributed by atoms with van der Waals surface area (Å²) in [6, 6.07) is 30.4. The summed E-state index contributed by atoms with van der Waals surface area (Å²) in [4.78, 5) is 12.6. The van der Waals surface area contributed by atoms with Gasteiger partial charge in [-0.3, -0.25) is 4.79 Å². The molecule has 0 unspecified atom stereocenters. The summed E-state index contributed by atoms with van der Waals surface area (Å²) in [6.45, 7) is 0.506. The molecular weight excluding hydrogens is 356 g/mol. The second-order valence-corrected chi connectivity index (χ2v) is 7.33. The molecule has 0 saturated heterocycles. The van der Waals surface area contributed by atoms with Crippen LogP contribution in [0, 0.1) is 0 Å². The Hall–Kier alpha value is -3.65. The van der Waals surface area contributed by atoms with Crippen molar-refractivity contribution < 1.29 is 9.53 Å². The van der Waals surface area contributed by atoms with Gasteiger partial charge in [-0.15, -0.1) is 0 Å². The lowest BCUT2D eigenvalue weighted by Crippen LogP contribution is -1.97. The van der Waals surface area contributed by atoms with Crippen molar-refractivity contribution in [3.05, 3.63) is 119 Å². The zero-order valence-electron chi connectivity index (χ0n) is 16.0. The average Bonchev–Trinajstić information content (AvgIpc) is 3.08. The monoisotopic (exact) mass is 376 g/mol. The maximum atomic E-state index is 12.6. The van der Waals surface area contributed by atoms with E-state index >= 15 is 0 Å². The van der Waals surface area contributed by atoms with E-state index < -0.39 is 0 Å². The summed E-state index contributed by atoms with van der Waals surface area (Å²) in [7, 11) is 0. The summed E-state index contributed by atoms with van der Waals surface area (Å²) < 4.78 is 6.08. The molecule has 0 radical (unpaired) electrons. The van der Waals surface area contributed by atoms with Crippen LogP contribution >= 0.6 is 0 Å². The SMILES string of the molecule is O=C1/C(=C/c2cccc(OCc3cccc4ccccc34)c2)Cc2ccccc21. The van der Waals surface area contributed by atoms with Crippen molar-refractivity contribution in [2.24, 2.45) is 0 Å². The minimum Gasteiger partial charge on any atom is -0.489 e. The van der Waals surface area contributed by atoms with Gasteiger partial charge < -0.3 is 4.74 Å². The van der Waals surface area contributed by atoms with Crippen molar-refractivity contribution in [2.45, 2.75) is 13.0 Å². The van der Waals surface area contributed by atoms with E-state index in [-0.39, 0.29) is 5.78 Å². The molecule has 0 saturated carbocycles. The minimum atomic E-state index is 0.127. The minimum absolute atomic E-state index is 0.127. The van der Waals surface area contributed by atoms with Crippen LogP contribution in [0.1, 0.15) is 27.0 Å². The highest BCUT2D eigenvalue weighted by molar-refractivity contribution is 6.15. The molecule has 0 heterocycles. The Balaban J connectivity index is 1.36. The number of ketones is 1. The molecule has 0 aliphatic heterocycles. The van der Waals surface area contributed by atoms with Crippen molar-refractivity contribution in [3.63, 3.8) is 0 Å². The van der Waals surface area contributed by atoms with Gasteiger partial charge >= 0.3 is 0 Å². The van der Waals surface area contributed by atoms with Gasteiger partial charge in [0.05, 0.1) is 0 Å². The summed E-state index contributed by atoms with van der Waals surface area (Å²) in [5, 5.41) is 2.42. The number of fused-ring (bicyclic) bond motifs is 2. The number of rotatable bonds is 4. The van der Waals surface area contributed by atoms with E-state index in [2.05, 4.69) is 36.4 Å². The molecule has 0 fully saturated rings. The van der Waals surface area contributed by atoms with Crippen LogP contribution in [0.5, 0.6) is 5.75 Å².